The first kappa shape index (κ1) is 24.2. The maximum absolute atomic E-state index is 12.8. The van der Waals surface area contributed by atoms with Crippen LogP contribution in [0.5, 0.6) is 5.75 Å². The Morgan fingerprint density at radius 3 is 2.62 bits per heavy atom. The first-order valence-electron chi connectivity index (χ1n) is 9.16. The summed E-state index contributed by atoms with van der Waals surface area (Å²) in [5.74, 6) is -1.39. The Morgan fingerprint density at radius 1 is 1.31 bits per heavy atom. The number of thioether (sulfide) groups is 1. The average Bonchev–Trinajstić information content (AvgIpc) is 2.99. The van der Waals surface area contributed by atoms with E-state index in [1.807, 2.05) is 0 Å². The lowest BCUT2D eigenvalue weighted by atomic mass is 10.2. The van der Waals surface area contributed by atoms with Crippen LogP contribution < -0.4 is 9.57 Å². The van der Waals surface area contributed by atoms with Gasteiger partial charge in [-0.1, -0.05) is 54.6 Å². The molecule has 168 valence electrons. The molecule has 1 unspecified atom stereocenters. The molecule has 1 atom stereocenters. The van der Waals surface area contributed by atoms with Crippen LogP contribution in [0.4, 0.5) is 0 Å². The molecule has 8 nitrogen and oxygen atoms in total. The third-order valence-corrected chi connectivity index (χ3v) is 7.08. The number of hydrogen-bond donors (Lipinski definition) is 2. The van der Waals surface area contributed by atoms with Crippen molar-refractivity contribution in [2.45, 2.75) is 24.3 Å². The zero-order valence-corrected chi connectivity index (χ0v) is 19.7. The molecular formula is C20H17ClN2O6S3. The number of amides is 1. The predicted octanol–water partition coefficient (Wildman–Crippen LogP) is 3.68. The van der Waals surface area contributed by atoms with E-state index in [2.05, 4.69) is 4.83 Å². The topological polar surface area (TPSA) is 113 Å². The fraction of sp³-hybridized carbons (Fsp3) is 0.150. The summed E-state index contributed by atoms with van der Waals surface area (Å²) in [6.45, 7) is 1.69. The minimum atomic E-state index is -4.06. The number of hydrazine groups is 1. The molecule has 3 rings (SSSR count). The number of hydrogen-bond acceptors (Lipinski definition) is 7. The minimum Gasteiger partial charge on any atom is -0.479 e. The molecule has 1 amide bonds. The second-order valence-corrected chi connectivity index (χ2v) is 10.3. The van der Waals surface area contributed by atoms with E-state index < -0.39 is 28.0 Å². The van der Waals surface area contributed by atoms with Gasteiger partial charge in [-0.05, 0) is 54.5 Å². The van der Waals surface area contributed by atoms with Crippen LogP contribution in [0.25, 0.3) is 6.08 Å². The molecule has 0 spiro atoms. The molecule has 1 saturated heterocycles. The third-order valence-electron chi connectivity index (χ3n) is 4.21. The van der Waals surface area contributed by atoms with Crippen LogP contribution in [-0.2, 0) is 19.6 Å². The smallest absolute Gasteiger partial charge is 0.344 e. The minimum absolute atomic E-state index is 0.0168. The van der Waals surface area contributed by atoms with E-state index >= 15 is 0 Å². The number of halogens is 1. The highest BCUT2D eigenvalue weighted by Crippen LogP contribution is 2.32. The number of aliphatic carboxylic acids is 1. The number of ether oxygens (including phenoxy) is 1. The number of nitrogens with one attached hydrogen (secondary N) is 1. The molecule has 0 aromatic heterocycles. The summed E-state index contributed by atoms with van der Waals surface area (Å²) in [5, 5.41) is 10.3. The summed E-state index contributed by atoms with van der Waals surface area (Å²) < 4.78 is 30.7. The fourth-order valence-electron chi connectivity index (χ4n) is 2.63. The molecule has 2 aromatic carbocycles. The fourth-order valence-corrected chi connectivity index (χ4v) is 5.07. The van der Waals surface area contributed by atoms with Crippen molar-refractivity contribution in [1.29, 1.82) is 0 Å². The Hall–Kier alpha value is -2.44. The van der Waals surface area contributed by atoms with Gasteiger partial charge in [-0.2, -0.15) is 0 Å². The van der Waals surface area contributed by atoms with Crippen molar-refractivity contribution in [3.8, 4) is 5.75 Å². The maximum atomic E-state index is 12.8. The molecule has 2 N–H and O–H groups in total. The Balaban J connectivity index is 1.79. The van der Waals surface area contributed by atoms with Gasteiger partial charge in [0.2, 0.25) is 0 Å². The van der Waals surface area contributed by atoms with Gasteiger partial charge in [-0.15, -0.1) is 4.83 Å². The highest BCUT2D eigenvalue weighted by molar-refractivity contribution is 8.26. The van der Waals surface area contributed by atoms with Gasteiger partial charge in [0.05, 0.1) is 9.80 Å². The van der Waals surface area contributed by atoms with E-state index in [1.54, 1.807) is 31.2 Å². The summed E-state index contributed by atoms with van der Waals surface area (Å²) in [6, 6.07) is 12.0. The van der Waals surface area contributed by atoms with Crippen LogP contribution in [0, 0.1) is 0 Å². The molecule has 32 heavy (non-hydrogen) atoms. The molecule has 1 aliphatic rings. The average molecular weight is 513 g/mol. The zero-order chi connectivity index (χ0) is 23.5. The van der Waals surface area contributed by atoms with E-state index in [9.17, 15) is 18.0 Å². The van der Waals surface area contributed by atoms with Gasteiger partial charge >= 0.3 is 5.97 Å². The van der Waals surface area contributed by atoms with Crippen molar-refractivity contribution in [2.75, 3.05) is 0 Å². The van der Waals surface area contributed by atoms with Gasteiger partial charge < -0.3 is 9.84 Å². The number of carboxylic acids is 1. The lowest BCUT2D eigenvalue weighted by Crippen LogP contribution is -2.44. The number of thiocarbonyl (C=S) groups is 1. The second-order valence-electron chi connectivity index (χ2n) is 6.49. The van der Waals surface area contributed by atoms with Gasteiger partial charge in [0.1, 0.15) is 5.75 Å². The molecule has 0 aliphatic carbocycles. The Labute approximate surface area is 199 Å². The van der Waals surface area contributed by atoms with E-state index in [0.29, 0.717) is 16.3 Å². The summed E-state index contributed by atoms with van der Waals surface area (Å²) in [6.07, 6.45) is 0.807. The number of carbonyl (C=O) groups excluding carboxylic acids is 1. The van der Waals surface area contributed by atoms with Crippen LogP contribution >= 0.6 is 35.6 Å². The monoisotopic (exact) mass is 512 g/mol. The molecule has 1 fully saturated rings. The van der Waals surface area contributed by atoms with Crippen LogP contribution in [0.15, 0.2) is 58.3 Å². The Morgan fingerprint density at radius 2 is 2.00 bits per heavy atom. The standard InChI is InChI=1S/C20H17ClN2O6S3/c1-2-16(19(25)26)29-14-5-3-4-12(10-14)11-17-18(24)23(20(30)31-17)22-32(27,28)15-8-6-13(21)7-9-15/h3-11,16,22H,2H2,1H3,(H,25,26)/b17-11+. The van der Waals surface area contributed by atoms with Crippen LogP contribution in [-0.4, -0.2) is 40.8 Å². The first-order valence-corrected chi connectivity index (χ1v) is 12.2. The van der Waals surface area contributed by atoms with E-state index in [1.165, 1.54) is 30.3 Å². The van der Waals surface area contributed by atoms with Gasteiger partial charge in [0.25, 0.3) is 15.9 Å². The lowest BCUT2D eigenvalue weighted by Gasteiger charge is -2.16. The van der Waals surface area contributed by atoms with Crippen molar-refractivity contribution in [2.24, 2.45) is 0 Å². The summed E-state index contributed by atoms with van der Waals surface area (Å²) in [5.41, 5.74) is 0.559. The van der Waals surface area contributed by atoms with Crippen LogP contribution in [0.2, 0.25) is 5.02 Å². The zero-order valence-electron chi connectivity index (χ0n) is 16.5. The highest BCUT2D eigenvalue weighted by atomic mass is 35.5. The van der Waals surface area contributed by atoms with Crippen molar-refractivity contribution in [3.05, 3.63) is 64.0 Å². The lowest BCUT2D eigenvalue weighted by molar-refractivity contribution is -0.145. The molecule has 0 saturated carbocycles. The van der Waals surface area contributed by atoms with Crippen LogP contribution in [0.1, 0.15) is 18.9 Å². The number of benzene rings is 2. The SMILES string of the molecule is CCC(Oc1cccc(/C=C2/SC(=S)N(NS(=O)(=O)c3ccc(Cl)cc3)C2=O)c1)C(=O)O. The van der Waals surface area contributed by atoms with Gasteiger partial charge in [0.15, 0.2) is 10.4 Å². The number of rotatable bonds is 8. The van der Waals surface area contributed by atoms with Gasteiger partial charge in [-0.3, -0.25) is 4.79 Å². The van der Waals surface area contributed by atoms with Crippen molar-refractivity contribution < 1.29 is 27.9 Å². The van der Waals surface area contributed by atoms with Gasteiger partial charge in [0, 0.05) is 5.02 Å². The number of carboxylic acid groups (broad SMARTS) is 1. The quantitative estimate of drug-likeness (QED) is 0.407. The first-order chi connectivity index (χ1) is 15.1. The molecule has 2 aromatic rings. The van der Waals surface area contributed by atoms with Crippen LogP contribution in [0.3, 0.4) is 0 Å². The Kier molecular flexibility index (Phi) is 7.57. The molecule has 1 aliphatic heterocycles. The number of carbonyl (C=O) groups is 2. The largest absolute Gasteiger partial charge is 0.479 e. The van der Waals surface area contributed by atoms with Crippen molar-refractivity contribution in [1.82, 2.24) is 9.84 Å². The third kappa shape index (κ3) is 5.67. The maximum Gasteiger partial charge on any atom is 0.344 e. The second kappa shape index (κ2) is 10.0. The predicted molar refractivity (Wildman–Crippen MR) is 126 cm³/mol. The molecule has 1 heterocycles. The summed E-state index contributed by atoms with van der Waals surface area (Å²) in [7, 11) is -4.06. The van der Waals surface area contributed by atoms with E-state index in [0.717, 1.165) is 16.8 Å². The van der Waals surface area contributed by atoms with E-state index in [-0.39, 0.29) is 20.5 Å². The number of sulfonamides is 1. The molecule has 12 heteroatoms. The molecule has 0 bridgehead atoms. The van der Waals surface area contributed by atoms with Crippen molar-refractivity contribution in [3.63, 3.8) is 0 Å². The summed E-state index contributed by atoms with van der Waals surface area (Å²) in [4.78, 5) is 26.3. The summed E-state index contributed by atoms with van der Waals surface area (Å²) >= 11 is 11.9. The number of nitrogens with zero attached hydrogens (tertiary/aromatic N) is 1. The molecule has 0 radical (unpaired) electrons. The van der Waals surface area contributed by atoms with E-state index in [4.69, 9.17) is 33.7 Å². The van der Waals surface area contributed by atoms with Crippen molar-refractivity contribution >= 4 is 67.9 Å². The van der Waals surface area contributed by atoms with Gasteiger partial charge in [-0.25, -0.2) is 18.2 Å². The Bertz CT molecular complexity index is 1200. The molecular weight excluding hydrogens is 496 g/mol. The normalized spacial score (nSPS) is 16.4. The highest BCUT2D eigenvalue weighted by Gasteiger charge is 2.35.